The molecule has 3 rings (SSSR count). The van der Waals surface area contributed by atoms with Gasteiger partial charge in [0.05, 0.1) is 17.4 Å². The molecule has 1 aromatic carbocycles. The minimum Gasteiger partial charge on any atom is -0.373 e. The van der Waals surface area contributed by atoms with E-state index in [0.717, 1.165) is 22.2 Å². The Hall–Kier alpha value is -2.63. The largest absolute Gasteiger partial charge is 0.373 e. The Morgan fingerprint density at radius 1 is 1.26 bits per heavy atom. The van der Waals surface area contributed by atoms with Gasteiger partial charge in [0.1, 0.15) is 5.82 Å². The Labute approximate surface area is 110 Å². The van der Waals surface area contributed by atoms with Gasteiger partial charge in [0.15, 0.2) is 0 Å². The monoisotopic (exact) mass is 254 g/mol. The summed E-state index contributed by atoms with van der Waals surface area (Å²) in [6, 6.07) is 7.88. The second-order valence-corrected chi connectivity index (χ2v) is 4.25. The topological polar surface area (TPSA) is 81.7 Å². The number of nitrogens with zero attached hydrogens (tertiary/aromatic N) is 4. The third-order valence-electron chi connectivity index (χ3n) is 3.07. The highest BCUT2D eigenvalue weighted by Gasteiger charge is 2.10. The van der Waals surface area contributed by atoms with Gasteiger partial charge in [-0.25, -0.2) is 4.98 Å². The first-order valence-electron chi connectivity index (χ1n) is 5.92. The molecule has 0 fully saturated rings. The van der Waals surface area contributed by atoms with Gasteiger partial charge in [-0.15, -0.1) is 0 Å². The fourth-order valence-corrected chi connectivity index (χ4v) is 2.13. The summed E-state index contributed by atoms with van der Waals surface area (Å²) < 4.78 is 1.84. The fraction of sp³-hybridized carbons (Fsp3) is 0.154. The standard InChI is InChI=1S/C13H14N6/c1-15-12-6-10(17-13(14)18-12)8-4-3-5-11-9(8)7-16-19(11)2/h3-7H,1-2H3,(H3,14,15,17,18). The zero-order chi connectivity index (χ0) is 13.4. The van der Waals surface area contributed by atoms with E-state index < -0.39 is 0 Å². The van der Waals surface area contributed by atoms with Gasteiger partial charge in [0.2, 0.25) is 5.95 Å². The maximum absolute atomic E-state index is 5.74. The van der Waals surface area contributed by atoms with E-state index in [1.54, 1.807) is 7.05 Å². The predicted octanol–water partition coefficient (Wildman–Crippen LogP) is 1.65. The molecule has 0 aliphatic carbocycles. The molecule has 2 aromatic heterocycles. The molecule has 3 N–H and O–H groups in total. The third-order valence-corrected chi connectivity index (χ3v) is 3.07. The van der Waals surface area contributed by atoms with Crippen molar-refractivity contribution in [2.24, 2.45) is 7.05 Å². The van der Waals surface area contributed by atoms with Gasteiger partial charge in [-0.2, -0.15) is 10.1 Å². The zero-order valence-electron chi connectivity index (χ0n) is 10.8. The molecule has 0 saturated heterocycles. The maximum Gasteiger partial charge on any atom is 0.222 e. The molecule has 3 aromatic rings. The number of hydrogen-bond acceptors (Lipinski definition) is 5. The molecule has 2 heterocycles. The van der Waals surface area contributed by atoms with Crippen molar-refractivity contribution in [3.8, 4) is 11.3 Å². The molecular formula is C13H14N6. The molecule has 0 saturated carbocycles. The van der Waals surface area contributed by atoms with Crippen LogP contribution >= 0.6 is 0 Å². The first-order valence-corrected chi connectivity index (χ1v) is 5.92. The molecule has 96 valence electrons. The molecular weight excluding hydrogens is 240 g/mol. The van der Waals surface area contributed by atoms with Gasteiger partial charge in [-0.1, -0.05) is 12.1 Å². The summed E-state index contributed by atoms with van der Waals surface area (Å²) >= 11 is 0. The van der Waals surface area contributed by atoms with Crippen LogP contribution in [0.3, 0.4) is 0 Å². The second-order valence-electron chi connectivity index (χ2n) is 4.25. The van der Waals surface area contributed by atoms with Crippen LogP contribution in [0.5, 0.6) is 0 Å². The van der Waals surface area contributed by atoms with Gasteiger partial charge >= 0.3 is 0 Å². The number of nitrogen functional groups attached to an aromatic ring is 1. The molecule has 0 bridgehead atoms. The maximum atomic E-state index is 5.74. The van der Waals surface area contributed by atoms with E-state index in [0.29, 0.717) is 5.82 Å². The van der Waals surface area contributed by atoms with Crippen molar-refractivity contribution in [3.63, 3.8) is 0 Å². The van der Waals surface area contributed by atoms with E-state index in [-0.39, 0.29) is 5.95 Å². The lowest BCUT2D eigenvalue weighted by Crippen LogP contribution is -2.01. The van der Waals surface area contributed by atoms with Crippen LogP contribution in [-0.2, 0) is 7.05 Å². The molecule has 0 aliphatic rings. The Morgan fingerprint density at radius 3 is 2.89 bits per heavy atom. The average molecular weight is 254 g/mol. The molecule has 19 heavy (non-hydrogen) atoms. The minimum absolute atomic E-state index is 0.253. The zero-order valence-corrected chi connectivity index (χ0v) is 10.8. The van der Waals surface area contributed by atoms with Gasteiger partial charge in [-0.3, -0.25) is 4.68 Å². The average Bonchev–Trinajstić information content (AvgIpc) is 2.80. The van der Waals surface area contributed by atoms with E-state index in [9.17, 15) is 0 Å². The first-order chi connectivity index (χ1) is 9.19. The first kappa shape index (κ1) is 11.5. The van der Waals surface area contributed by atoms with Crippen molar-refractivity contribution < 1.29 is 0 Å². The molecule has 6 nitrogen and oxygen atoms in total. The second kappa shape index (κ2) is 4.24. The quantitative estimate of drug-likeness (QED) is 0.726. The van der Waals surface area contributed by atoms with Crippen LogP contribution in [0.1, 0.15) is 0 Å². The predicted molar refractivity (Wildman–Crippen MR) is 75.7 cm³/mol. The van der Waals surface area contributed by atoms with Gasteiger partial charge in [0.25, 0.3) is 0 Å². The third kappa shape index (κ3) is 1.87. The Balaban J connectivity index is 2.27. The van der Waals surface area contributed by atoms with E-state index in [1.807, 2.05) is 42.2 Å². The summed E-state index contributed by atoms with van der Waals surface area (Å²) in [5.74, 6) is 0.950. The van der Waals surface area contributed by atoms with Gasteiger partial charge in [-0.05, 0) is 6.07 Å². The highest BCUT2D eigenvalue weighted by Crippen LogP contribution is 2.28. The van der Waals surface area contributed by atoms with Crippen molar-refractivity contribution >= 4 is 22.7 Å². The lowest BCUT2D eigenvalue weighted by molar-refractivity contribution is 0.797. The van der Waals surface area contributed by atoms with Crippen molar-refractivity contribution in [3.05, 3.63) is 30.5 Å². The van der Waals surface area contributed by atoms with Gasteiger partial charge < -0.3 is 11.1 Å². The molecule has 0 radical (unpaired) electrons. The van der Waals surface area contributed by atoms with Gasteiger partial charge in [0, 0.05) is 31.1 Å². The van der Waals surface area contributed by atoms with Crippen LogP contribution in [0.15, 0.2) is 30.5 Å². The number of anilines is 2. The lowest BCUT2D eigenvalue weighted by atomic mass is 10.1. The minimum atomic E-state index is 0.253. The van der Waals surface area contributed by atoms with Crippen molar-refractivity contribution in [1.29, 1.82) is 0 Å². The van der Waals surface area contributed by atoms with Crippen LogP contribution in [0.2, 0.25) is 0 Å². The van der Waals surface area contributed by atoms with Crippen molar-refractivity contribution in [1.82, 2.24) is 19.7 Å². The van der Waals surface area contributed by atoms with E-state index in [1.165, 1.54) is 0 Å². The highest BCUT2D eigenvalue weighted by atomic mass is 15.2. The number of aryl methyl sites for hydroxylation is 1. The number of nitrogens with two attached hydrogens (primary N) is 1. The number of fused-ring (bicyclic) bond motifs is 1. The number of benzene rings is 1. The van der Waals surface area contributed by atoms with E-state index in [2.05, 4.69) is 20.4 Å². The summed E-state index contributed by atoms with van der Waals surface area (Å²) in [5, 5.41) is 8.30. The number of aromatic nitrogens is 4. The summed E-state index contributed by atoms with van der Waals surface area (Å²) in [6.45, 7) is 0. The summed E-state index contributed by atoms with van der Waals surface area (Å²) in [7, 11) is 3.72. The Bertz CT molecular complexity index is 746. The summed E-state index contributed by atoms with van der Waals surface area (Å²) in [4.78, 5) is 8.40. The molecule has 0 unspecified atom stereocenters. The molecule has 0 aliphatic heterocycles. The fourth-order valence-electron chi connectivity index (χ4n) is 2.13. The lowest BCUT2D eigenvalue weighted by Gasteiger charge is -2.06. The highest BCUT2D eigenvalue weighted by molar-refractivity contribution is 5.94. The number of rotatable bonds is 2. The Kier molecular flexibility index (Phi) is 2.56. The summed E-state index contributed by atoms with van der Waals surface area (Å²) in [5.41, 5.74) is 8.58. The van der Waals surface area contributed by atoms with Crippen molar-refractivity contribution in [2.75, 3.05) is 18.1 Å². The molecule has 6 heteroatoms. The molecule has 0 atom stereocenters. The normalized spacial score (nSPS) is 10.8. The van der Waals surface area contributed by atoms with Crippen LogP contribution < -0.4 is 11.1 Å². The van der Waals surface area contributed by atoms with Crippen molar-refractivity contribution in [2.45, 2.75) is 0 Å². The summed E-state index contributed by atoms with van der Waals surface area (Å²) in [6.07, 6.45) is 1.84. The van der Waals surface area contributed by atoms with E-state index >= 15 is 0 Å². The van der Waals surface area contributed by atoms with Crippen LogP contribution in [-0.4, -0.2) is 26.8 Å². The van der Waals surface area contributed by atoms with Crippen LogP contribution in [0, 0.1) is 0 Å². The SMILES string of the molecule is CNc1cc(-c2cccc3c2cnn3C)nc(N)n1. The van der Waals surface area contributed by atoms with Crippen LogP contribution in [0.4, 0.5) is 11.8 Å². The number of hydrogen-bond donors (Lipinski definition) is 2. The number of nitrogens with one attached hydrogen (secondary N) is 1. The molecule has 0 spiro atoms. The van der Waals surface area contributed by atoms with E-state index in [4.69, 9.17) is 5.73 Å². The van der Waals surface area contributed by atoms with Crippen LogP contribution in [0.25, 0.3) is 22.2 Å². The molecule has 0 amide bonds. The Morgan fingerprint density at radius 2 is 2.11 bits per heavy atom. The smallest absolute Gasteiger partial charge is 0.222 e.